The van der Waals surface area contributed by atoms with Gasteiger partial charge in [0.2, 0.25) is 5.91 Å². The summed E-state index contributed by atoms with van der Waals surface area (Å²) >= 11 is 6.02. The minimum absolute atomic E-state index is 0.107. The number of ether oxygens (including phenoxy) is 2. The highest BCUT2D eigenvalue weighted by atomic mass is 35.5. The summed E-state index contributed by atoms with van der Waals surface area (Å²) in [4.78, 5) is 28.5. The Hall–Kier alpha value is -3.51. The minimum atomic E-state index is -0.358. The third kappa shape index (κ3) is 5.18. The maximum absolute atomic E-state index is 13.5. The molecule has 2 atom stereocenters. The minimum Gasteiger partial charge on any atom is -0.497 e. The maximum Gasteiger partial charge on any atom is 0.254 e. The summed E-state index contributed by atoms with van der Waals surface area (Å²) in [6.45, 7) is 0.311. The van der Waals surface area contributed by atoms with Gasteiger partial charge < -0.3 is 19.7 Å². The van der Waals surface area contributed by atoms with Gasteiger partial charge in [-0.1, -0.05) is 41.9 Å². The summed E-state index contributed by atoms with van der Waals surface area (Å²) in [7, 11) is 3.12. The molecular formula is C27H27ClN2O4. The molecule has 1 aliphatic heterocycles. The van der Waals surface area contributed by atoms with Crippen LogP contribution in [-0.2, 0) is 4.79 Å². The van der Waals surface area contributed by atoms with Crippen molar-refractivity contribution in [2.24, 2.45) is 5.92 Å². The fourth-order valence-corrected chi connectivity index (χ4v) is 4.45. The molecule has 1 N–H and O–H groups in total. The smallest absolute Gasteiger partial charge is 0.254 e. The van der Waals surface area contributed by atoms with Gasteiger partial charge >= 0.3 is 0 Å². The zero-order valence-electron chi connectivity index (χ0n) is 19.2. The molecule has 34 heavy (non-hydrogen) atoms. The second-order valence-corrected chi connectivity index (χ2v) is 8.66. The number of amides is 2. The third-order valence-corrected chi connectivity index (χ3v) is 6.41. The summed E-state index contributed by atoms with van der Waals surface area (Å²) in [6.07, 6.45) is 1.34. The first-order valence-electron chi connectivity index (χ1n) is 11.1. The molecule has 4 rings (SSSR count). The highest BCUT2D eigenvalue weighted by Gasteiger charge is 2.36. The lowest BCUT2D eigenvalue weighted by molar-refractivity contribution is -0.121. The van der Waals surface area contributed by atoms with Crippen molar-refractivity contribution in [1.82, 2.24) is 4.90 Å². The average Bonchev–Trinajstić information content (AvgIpc) is 2.89. The second kappa shape index (κ2) is 10.6. The van der Waals surface area contributed by atoms with Crippen LogP contribution in [-0.4, -0.2) is 37.5 Å². The van der Waals surface area contributed by atoms with E-state index in [0.717, 1.165) is 5.56 Å². The number of methoxy groups -OCH3 is 2. The number of rotatable bonds is 6. The van der Waals surface area contributed by atoms with E-state index in [1.54, 1.807) is 61.6 Å². The van der Waals surface area contributed by atoms with E-state index in [9.17, 15) is 9.59 Å². The van der Waals surface area contributed by atoms with Crippen molar-refractivity contribution in [2.75, 3.05) is 26.1 Å². The molecule has 0 aliphatic carbocycles. The Balaban J connectivity index is 1.57. The Bertz CT molecular complexity index is 1150. The van der Waals surface area contributed by atoms with Crippen molar-refractivity contribution in [3.63, 3.8) is 0 Å². The van der Waals surface area contributed by atoms with Crippen LogP contribution in [0.2, 0.25) is 5.02 Å². The number of halogens is 1. The number of nitrogens with zero attached hydrogens (tertiary/aromatic N) is 1. The number of piperidine rings is 1. The zero-order valence-corrected chi connectivity index (χ0v) is 19.9. The molecule has 1 heterocycles. The van der Waals surface area contributed by atoms with Gasteiger partial charge in [-0.05, 0) is 54.8 Å². The zero-order chi connectivity index (χ0) is 24.1. The lowest BCUT2D eigenvalue weighted by Gasteiger charge is -2.39. The monoisotopic (exact) mass is 478 g/mol. The molecular weight excluding hydrogens is 452 g/mol. The molecule has 3 aromatic rings. The van der Waals surface area contributed by atoms with Crippen LogP contribution in [0.15, 0.2) is 72.8 Å². The topological polar surface area (TPSA) is 67.9 Å². The van der Waals surface area contributed by atoms with Crippen molar-refractivity contribution >= 4 is 29.1 Å². The van der Waals surface area contributed by atoms with Crippen molar-refractivity contribution in [1.29, 1.82) is 0 Å². The molecule has 0 bridgehead atoms. The first-order chi connectivity index (χ1) is 16.5. The number of hydrogen-bond acceptors (Lipinski definition) is 4. The number of hydrogen-bond donors (Lipinski definition) is 1. The first-order valence-corrected chi connectivity index (χ1v) is 11.5. The molecule has 1 saturated heterocycles. The SMILES string of the molecule is COc1ccc(NC(=O)[C@H]2CC[C@H](c3ccccc3)N(C(=O)c3ccc(Cl)cc3)C2)c(OC)c1. The molecule has 0 unspecified atom stereocenters. The second-order valence-electron chi connectivity index (χ2n) is 8.22. The third-order valence-electron chi connectivity index (χ3n) is 6.16. The van der Waals surface area contributed by atoms with E-state index in [1.807, 2.05) is 30.3 Å². The molecule has 1 aliphatic rings. The van der Waals surface area contributed by atoms with Gasteiger partial charge in [-0.15, -0.1) is 0 Å². The van der Waals surface area contributed by atoms with E-state index in [0.29, 0.717) is 47.2 Å². The molecule has 0 aromatic heterocycles. The highest BCUT2D eigenvalue weighted by Crippen LogP contribution is 2.36. The van der Waals surface area contributed by atoms with Gasteiger partial charge in [0.1, 0.15) is 11.5 Å². The Morgan fingerprint density at radius 1 is 0.941 bits per heavy atom. The van der Waals surface area contributed by atoms with E-state index in [2.05, 4.69) is 5.32 Å². The number of likely N-dealkylation sites (tertiary alicyclic amines) is 1. The summed E-state index contributed by atoms with van der Waals surface area (Å²) < 4.78 is 10.6. The Morgan fingerprint density at radius 3 is 2.35 bits per heavy atom. The number of carbonyl (C=O) groups excluding carboxylic acids is 2. The van der Waals surface area contributed by atoms with Gasteiger partial charge in [0.15, 0.2) is 0 Å². The van der Waals surface area contributed by atoms with Gasteiger partial charge in [-0.2, -0.15) is 0 Å². The quantitative estimate of drug-likeness (QED) is 0.501. The van der Waals surface area contributed by atoms with Crippen LogP contribution in [0, 0.1) is 5.92 Å². The number of carbonyl (C=O) groups is 2. The summed E-state index contributed by atoms with van der Waals surface area (Å²) in [5.41, 5.74) is 2.16. The lowest BCUT2D eigenvalue weighted by Crippen LogP contribution is -2.45. The maximum atomic E-state index is 13.5. The average molecular weight is 479 g/mol. The Labute approximate surface area is 204 Å². The van der Waals surface area contributed by atoms with Crippen LogP contribution < -0.4 is 14.8 Å². The molecule has 176 valence electrons. The fourth-order valence-electron chi connectivity index (χ4n) is 4.33. The number of anilines is 1. The van der Waals surface area contributed by atoms with Gasteiger partial charge in [0, 0.05) is 23.2 Å². The van der Waals surface area contributed by atoms with E-state index in [-0.39, 0.29) is 23.8 Å². The highest BCUT2D eigenvalue weighted by molar-refractivity contribution is 6.30. The van der Waals surface area contributed by atoms with Crippen LogP contribution >= 0.6 is 11.6 Å². The van der Waals surface area contributed by atoms with Crippen LogP contribution in [0.3, 0.4) is 0 Å². The van der Waals surface area contributed by atoms with E-state index >= 15 is 0 Å². The molecule has 3 aromatic carbocycles. The van der Waals surface area contributed by atoms with Gasteiger partial charge in [0.25, 0.3) is 5.91 Å². The Kier molecular flexibility index (Phi) is 7.38. The predicted molar refractivity (Wildman–Crippen MR) is 133 cm³/mol. The largest absolute Gasteiger partial charge is 0.497 e. The molecule has 0 spiro atoms. The standard InChI is InChI=1S/C27H27ClN2O4/c1-33-22-13-14-23(25(16-22)34-2)29-26(31)20-10-15-24(18-6-4-3-5-7-18)30(17-20)27(32)19-8-11-21(28)12-9-19/h3-9,11-14,16,20,24H,10,15,17H2,1-2H3,(H,29,31)/t20-,24+/m0/s1. The van der Waals surface area contributed by atoms with Gasteiger partial charge in [-0.3, -0.25) is 9.59 Å². The Morgan fingerprint density at radius 2 is 1.68 bits per heavy atom. The molecule has 1 fully saturated rings. The van der Waals surface area contributed by atoms with Crippen molar-refractivity contribution < 1.29 is 19.1 Å². The molecule has 2 amide bonds. The number of benzene rings is 3. The van der Waals surface area contributed by atoms with Gasteiger partial charge in [0.05, 0.1) is 31.9 Å². The summed E-state index contributed by atoms with van der Waals surface area (Å²) in [5.74, 6) is 0.523. The van der Waals surface area contributed by atoms with E-state index < -0.39 is 0 Å². The van der Waals surface area contributed by atoms with E-state index in [4.69, 9.17) is 21.1 Å². The van der Waals surface area contributed by atoms with Crippen molar-refractivity contribution in [2.45, 2.75) is 18.9 Å². The molecule has 6 nitrogen and oxygen atoms in total. The predicted octanol–water partition coefficient (Wildman–Crippen LogP) is 5.59. The number of nitrogens with one attached hydrogen (secondary N) is 1. The van der Waals surface area contributed by atoms with Crippen LogP contribution in [0.4, 0.5) is 5.69 Å². The van der Waals surface area contributed by atoms with Crippen LogP contribution in [0.25, 0.3) is 0 Å². The summed E-state index contributed by atoms with van der Waals surface area (Å²) in [5, 5.41) is 3.54. The van der Waals surface area contributed by atoms with Gasteiger partial charge in [-0.25, -0.2) is 0 Å². The molecule has 7 heteroatoms. The molecule has 0 radical (unpaired) electrons. The van der Waals surface area contributed by atoms with Crippen LogP contribution in [0.1, 0.15) is 34.8 Å². The molecule has 0 saturated carbocycles. The lowest BCUT2D eigenvalue weighted by atomic mass is 9.87. The van der Waals surface area contributed by atoms with Crippen molar-refractivity contribution in [3.8, 4) is 11.5 Å². The summed E-state index contributed by atoms with van der Waals surface area (Å²) in [6, 6.07) is 21.9. The van der Waals surface area contributed by atoms with Crippen molar-refractivity contribution in [3.05, 3.63) is 88.9 Å². The van der Waals surface area contributed by atoms with Crippen LogP contribution in [0.5, 0.6) is 11.5 Å². The fraction of sp³-hybridized carbons (Fsp3) is 0.259. The van der Waals surface area contributed by atoms with E-state index in [1.165, 1.54) is 0 Å². The normalized spacial score (nSPS) is 17.7. The first kappa shape index (κ1) is 23.6.